The monoisotopic (exact) mass is 365 g/mol. The van der Waals surface area contributed by atoms with E-state index < -0.39 is 17.4 Å². The van der Waals surface area contributed by atoms with Crippen LogP contribution in [0.2, 0.25) is 5.02 Å². The third kappa shape index (κ3) is 3.30. The zero-order valence-electron chi connectivity index (χ0n) is 12.8. The second-order valence-corrected chi connectivity index (χ2v) is 7.23. The number of carboxylic acids is 1. The SMILES string of the molecule is O=C(NC1(C(=O)O)CCSCC1)c1ccc(-c2ccccc2Cl)o1. The van der Waals surface area contributed by atoms with Gasteiger partial charge in [0.2, 0.25) is 0 Å². The first-order chi connectivity index (χ1) is 11.5. The molecule has 0 saturated carbocycles. The molecule has 126 valence electrons. The zero-order valence-corrected chi connectivity index (χ0v) is 14.3. The van der Waals surface area contributed by atoms with Gasteiger partial charge >= 0.3 is 5.97 Å². The molecule has 0 radical (unpaired) electrons. The summed E-state index contributed by atoms with van der Waals surface area (Å²) >= 11 is 7.81. The van der Waals surface area contributed by atoms with Crippen LogP contribution in [0.15, 0.2) is 40.8 Å². The van der Waals surface area contributed by atoms with Crippen LogP contribution in [0, 0.1) is 0 Å². The summed E-state index contributed by atoms with van der Waals surface area (Å²) in [6, 6.07) is 10.3. The van der Waals surface area contributed by atoms with Gasteiger partial charge in [0.1, 0.15) is 11.3 Å². The Hall–Kier alpha value is -1.92. The van der Waals surface area contributed by atoms with E-state index >= 15 is 0 Å². The number of aliphatic carboxylic acids is 1. The van der Waals surface area contributed by atoms with Gasteiger partial charge in [-0.3, -0.25) is 4.79 Å². The quantitative estimate of drug-likeness (QED) is 0.863. The topological polar surface area (TPSA) is 79.5 Å². The lowest BCUT2D eigenvalue weighted by Crippen LogP contribution is -2.56. The number of carboxylic acid groups (broad SMARTS) is 1. The Labute approximate surface area is 148 Å². The lowest BCUT2D eigenvalue weighted by molar-refractivity contribution is -0.144. The molecule has 2 aromatic rings. The van der Waals surface area contributed by atoms with Crippen LogP contribution in [0.1, 0.15) is 23.4 Å². The van der Waals surface area contributed by atoms with E-state index in [1.165, 1.54) is 6.07 Å². The van der Waals surface area contributed by atoms with Gasteiger partial charge in [0.15, 0.2) is 5.76 Å². The van der Waals surface area contributed by atoms with Crippen LogP contribution in [0.3, 0.4) is 0 Å². The largest absolute Gasteiger partial charge is 0.480 e. The number of nitrogens with one attached hydrogen (secondary N) is 1. The summed E-state index contributed by atoms with van der Waals surface area (Å²) < 4.78 is 5.58. The molecule has 2 N–H and O–H groups in total. The highest BCUT2D eigenvalue weighted by Crippen LogP contribution is 2.30. The van der Waals surface area contributed by atoms with Crippen molar-refractivity contribution in [1.82, 2.24) is 5.32 Å². The summed E-state index contributed by atoms with van der Waals surface area (Å²) in [5.74, 6) is 0.417. The molecule has 1 aliphatic rings. The van der Waals surface area contributed by atoms with Crippen molar-refractivity contribution in [1.29, 1.82) is 0 Å². The van der Waals surface area contributed by atoms with Crippen LogP contribution in [-0.2, 0) is 4.79 Å². The normalized spacial score (nSPS) is 16.5. The van der Waals surface area contributed by atoms with Crippen molar-refractivity contribution >= 4 is 35.2 Å². The highest BCUT2D eigenvalue weighted by Gasteiger charge is 2.41. The molecular weight excluding hydrogens is 350 g/mol. The summed E-state index contributed by atoms with van der Waals surface area (Å²) in [4.78, 5) is 24.1. The second kappa shape index (κ2) is 6.91. The van der Waals surface area contributed by atoms with E-state index in [0.717, 1.165) is 0 Å². The lowest BCUT2D eigenvalue weighted by atomic mass is 9.92. The number of rotatable bonds is 4. The predicted molar refractivity (Wildman–Crippen MR) is 93.5 cm³/mol. The Bertz CT molecular complexity index is 767. The maximum Gasteiger partial charge on any atom is 0.329 e. The number of furan rings is 1. The fourth-order valence-corrected chi connectivity index (χ4v) is 4.08. The van der Waals surface area contributed by atoms with Gasteiger partial charge in [-0.05, 0) is 48.6 Å². The van der Waals surface area contributed by atoms with E-state index in [-0.39, 0.29) is 5.76 Å². The highest BCUT2D eigenvalue weighted by atomic mass is 35.5. The van der Waals surface area contributed by atoms with Gasteiger partial charge in [-0.25, -0.2) is 4.79 Å². The predicted octanol–water partition coefficient (Wildman–Crippen LogP) is 3.68. The summed E-state index contributed by atoms with van der Waals surface area (Å²) in [6.45, 7) is 0. The second-order valence-electron chi connectivity index (χ2n) is 5.60. The number of hydrogen-bond donors (Lipinski definition) is 2. The number of amides is 1. The molecule has 0 aliphatic carbocycles. The first-order valence-electron chi connectivity index (χ1n) is 7.50. The van der Waals surface area contributed by atoms with Gasteiger partial charge in [-0.2, -0.15) is 11.8 Å². The third-order valence-electron chi connectivity index (χ3n) is 4.08. The van der Waals surface area contributed by atoms with Gasteiger partial charge in [0, 0.05) is 5.56 Å². The fourth-order valence-electron chi connectivity index (χ4n) is 2.66. The van der Waals surface area contributed by atoms with Crippen molar-refractivity contribution in [3.63, 3.8) is 0 Å². The fraction of sp³-hybridized carbons (Fsp3) is 0.294. The molecule has 1 aromatic carbocycles. The summed E-state index contributed by atoms with van der Waals surface area (Å²) in [7, 11) is 0. The molecule has 0 unspecified atom stereocenters. The average molecular weight is 366 g/mol. The average Bonchev–Trinajstić information content (AvgIpc) is 3.06. The van der Waals surface area contributed by atoms with E-state index in [1.54, 1.807) is 36.0 Å². The Morgan fingerprint density at radius 2 is 1.88 bits per heavy atom. The number of hydrogen-bond acceptors (Lipinski definition) is 4. The van der Waals surface area contributed by atoms with Crippen molar-refractivity contribution in [2.75, 3.05) is 11.5 Å². The highest BCUT2D eigenvalue weighted by molar-refractivity contribution is 7.99. The maximum absolute atomic E-state index is 12.4. The van der Waals surface area contributed by atoms with E-state index in [4.69, 9.17) is 16.0 Å². The Kier molecular flexibility index (Phi) is 4.87. The number of halogens is 1. The van der Waals surface area contributed by atoms with Gasteiger partial charge < -0.3 is 14.8 Å². The minimum absolute atomic E-state index is 0.0729. The van der Waals surface area contributed by atoms with Crippen molar-refractivity contribution < 1.29 is 19.1 Å². The standard InChI is InChI=1S/C17H16ClNO4S/c18-12-4-2-1-3-11(12)13-5-6-14(23-13)15(20)19-17(16(21)22)7-9-24-10-8-17/h1-6H,7-10H2,(H,19,20)(H,21,22). The smallest absolute Gasteiger partial charge is 0.329 e. The van der Waals surface area contributed by atoms with Crippen LogP contribution >= 0.6 is 23.4 Å². The molecule has 1 saturated heterocycles. The molecule has 1 fully saturated rings. The van der Waals surface area contributed by atoms with Crippen LogP contribution in [0.4, 0.5) is 0 Å². The number of carbonyl (C=O) groups excluding carboxylic acids is 1. The van der Waals surface area contributed by atoms with Gasteiger partial charge in [0.25, 0.3) is 5.91 Å². The molecule has 1 amide bonds. The molecule has 0 bridgehead atoms. The number of carbonyl (C=O) groups is 2. The molecule has 24 heavy (non-hydrogen) atoms. The van der Waals surface area contributed by atoms with E-state index in [0.29, 0.717) is 40.7 Å². The van der Waals surface area contributed by atoms with Crippen LogP contribution < -0.4 is 5.32 Å². The van der Waals surface area contributed by atoms with Crippen molar-refractivity contribution in [2.24, 2.45) is 0 Å². The molecular formula is C17H16ClNO4S. The first kappa shape index (κ1) is 16.9. The van der Waals surface area contributed by atoms with Crippen LogP contribution in [-0.4, -0.2) is 34.0 Å². The number of benzene rings is 1. The Morgan fingerprint density at radius 1 is 1.17 bits per heavy atom. The van der Waals surface area contributed by atoms with Crippen molar-refractivity contribution in [3.8, 4) is 11.3 Å². The summed E-state index contributed by atoms with van der Waals surface area (Å²) in [6.07, 6.45) is 0.799. The molecule has 1 aliphatic heterocycles. The molecule has 5 nitrogen and oxygen atoms in total. The molecule has 3 rings (SSSR count). The molecule has 0 spiro atoms. The third-order valence-corrected chi connectivity index (χ3v) is 5.39. The van der Waals surface area contributed by atoms with E-state index in [1.807, 2.05) is 6.07 Å². The first-order valence-corrected chi connectivity index (χ1v) is 9.03. The van der Waals surface area contributed by atoms with Crippen molar-refractivity contribution in [2.45, 2.75) is 18.4 Å². The van der Waals surface area contributed by atoms with Crippen molar-refractivity contribution in [3.05, 3.63) is 47.2 Å². The summed E-state index contributed by atoms with van der Waals surface area (Å²) in [5, 5.41) is 12.7. The minimum atomic E-state index is -1.22. The van der Waals surface area contributed by atoms with Gasteiger partial charge in [-0.1, -0.05) is 23.7 Å². The number of thioether (sulfide) groups is 1. The van der Waals surface area contributed by atoms with E-state index in [9.17, 15) is 14.7 Å². The van der Waals surface area contributed by atoms with Crippen LogP contribution in [0.5, 0.6) is 0 Å². The van der Waals surface area contributed by atoms with Crippen LogP contribution in [0.25, 0.3) is 11.3 Å². The lowest BCUT2D eigenvalue weighted by Gasteiger charge is -2.33. The minimum Gasteiger partial charge on any atom is -0.480 e. The molecule has 7 heteroatoms. The molecule has 0 atom stereocenters. The molecule has 2 heterocycles. The maximum atomic E-state index is 12.4. The molecule has 1 aromatic heterocycles. The van der Waals surface area contributed by atoms with Gasteiger partial charge in [0.05, 0.1) is 5.02 Å². The zero-order chi connectivity index (χ0) is 17.2. The Morgan fingerprint density at radius 3 is 2.54 bits per heavy atom. The Balaban J connectivity index is 1.81. The van der Waals surface area contributed by atoms with E-state index in [2.05, 4.69) is 5.32 Å². The summed E-state index contributed by atoms with van der Waals surface area (Å²) in [5.41, 5.74) is -0.542. The van der Waals surface area contributed by atoms with Gasteiger partial charge in [-0.15, -0.1) is 0 Å².